The van der Waals surface area contributed by atoms with Gasteiger partial charge in [-0.3, -0.25) is 8.32 Å². The van der Waals surface area contributed by atoms with Crippen LogP contribution in [0.1, 0.15) is 19.8 Å². The highest BCUT2D eigenvalue weighted by molar-refractivity contribution is 14.1. The fourth-order valence-electron chi connectivity index (χ4n) is 0.389. The van der Waals surface area contributed by atoms with Crippen LogP contribution in [0.5, 0.6) is 0 Å². The fourth-order valence-corrected chi connectivity index (χ4v) is 0.568. The van der Waals surface area contributed by atoms with E-state index < -0.39 is 0 Å². The number of allylic oxidation sites excluding steroid dienone is 1. The van der Waals surface area contributed by atoms with Crippen molar-refractivity contribution in [2.24, 2.45) is 0 Å². The van der Waals surface area contributed by atoms with Crippen molar-refractivity contribution in [1.29, 1.82) is 0 Å². The van der Waals surface area contributed by atoms with Crippen molar-refractivity contribution in [2.75, 3.05) is 0 Å². The Balaban J connectivity index is 3.32. The molecule has 0 aliphatic carbocycles. The SMILES string of the molecule is CCC/C=C/C(=O)NI. The van der Waals surface area contributed by atoms with Gasteiger partial charge >= 0.3 is 0 Å². The molecule has 0 heterocycles. The molecule has 1 amide bonds. The van der Waals surface area contributed by atoms with E-state index in [1.54, 1.807) is 6.08 Å². The normalized spacial score (nSPS) is 10.0. The maximum absolute atomic E-state index is 10.5. The third kappa shape index (κ3) is 5.82. The predicted molar refractivity (Wildman–Crippen MR) is 46.2 cm³/mol. The van der Waals surface area contributed by atoms with Crippen molar-refractivity contribution in [3.8, 4) is 0 Å². The summed E-state index contributed by atoms with van der Waals surface area (Å²) in [7, 11) is 0. The molecule has 0 aromatic carbocycles. The Morgan fingerprint density at radius 1 is 1.78 bits per heavy atom. The monoisotopic (exact) mass is 239 g/mol. The average Bonchev–Trinajstić information content (AvgIpc) is 1.89. The van der Waals surface area contributed by atoms with Crippen LogP contribution in [0.2, 0.25) is 0 Å². The first-order valence-electron chi connectivity index (χ1n) is 2.88. The van der Waals surface area contributed by atoms with E-state index in [0.717, 1.165) is 12.8 Å². The zero-order chi connectivity index (χ0) is 7.11. The molecular weight excluding hydrogens is 229 g/mol. The van der Waals surface area contributed by atoms with Crippen molar-refractivity contribution in [3.63, 3.8) is 0 Å². The van der Waals surface area contributed by atoms with Crippen LogP contribution in [0.25, 0.3) is 0 Å². The molecule has 0 bridgehead atoms. The molecule has 52 valence electrons. The van der Waals surface area contributed by atoms with Crippen LogP contribution in [0.4, 0.5) is 0 Å². The fraction of sp³-hybridized carbons (Fsp3) is 0.500. The molecule has 2 nitrogen and oxygen atoms in total. The standard InChI is InChI=1S/C6H10INO/c1-2-3-4-5-6(9)8-7/h4-5H,2-3H2,1H3,(H,8,9)/b5-4+. The largest absolute Gasteiger partial charge is 0.295 e. The second-order valence-corrected chi connectivity index (χ2v) is 2.19. The molecule has 0 aliphatic rings. The number of nitrogens with one attached hydrogen (secondary N) is 1. The molecule has 0 atom stereocenters. The van der Waals surface area contributed by atoms with Crippen molar-refractivity contribution < 1.29 is 4.79 Å². The van der Waals surface area contributed by atoms with Crippen LogP contribution in [0, 0.1) is 0 Å². The van der Waals surface area contributed by atoms with E-state index in [9.17, 15) is 4.79 Å². The van der Waals surface area contributed by atoms with Crippen LogP contribution in [-0.4, -0.2) is 5.91 Å². The smallest absolute Gasteiger partial charge is 0.252 e. The Labute approximate surface area is 69.2 Å². The first kappa shape index (κ1) is 8.94. The summed E-state index contributed by atoms with van der Waals surface area (Å²) in [6.45, 7) is 2.08. The first-order valence-corrected chi connectivity index (χ1v) is 3.96. The Kier molecular flexibility index (Phi) is 6.03. The van der Waals surface area contributed by atoms with Crippen LogP contribution >= 0.6 is 22.9 Å². The highest BCUT2D eigenvalue weighted by Crippen LogP contribution is 1.87. The first-order chi connectivity index (χ1) is 4.31. The molecular formula is C6H10INO. The molecule has 9 heavy (non-hydrogen) atoms. The number of hydrogen-bond donors (Lipinski definition) is 1. The van der Waals surface area contributed by atoms with Gasteiger partial charge < -0.3 is 0 Å². The van der Waals surface area contributed by atoms with Gasteiger partial charge in [0.1, 0.15) is 0 Å². The number of halogens is 1. The number of hydrogen-bond acceptors (Lipinski definition) is 1. The van der Waals surface area contributed by atoms with Gasteiger partial charge in [-0.05, 0) is 12.5 Å². The molecule has 0 aliphatic heterocycles. The minimum absolute atomic E-state index is 0.0379. The molecule has 0 saturated heterocycles. The maximum atomic E-state index is 10.5. The molecule has 0 aromatic heterocycles. The van der Waals surface area contributed by atoms with Crippen LogP contribution in [0.15, 0.2) is 12.2 Å². The van der Waals surface area contributed by atoms with Gasteiger partial charge in [0.05, 0.1) is 22.9 Å². The number of rotatable bonds is 3. The van der Waals surface area contributed by atoms with Gasteiger partial charge in [-0.15, -0.1) is 0 Å². The van der Waals surface area contributed by atoms with Crippen LogP contribution in [-0.2, 0) is 4.79 Å². The minimum atomic E-state index is -0.0379. The van der Waals surface area contributed by atoms with E-state index in [2.05, 4.69) is 10.5 Å². The molecule has 0 unspecified atom stereocenters. The molecule has 0 saturated carbocycles. The summed E-state index contributed by atoms with van der Waals surface area (Å²) >= 11 is 1.81. The zero-order valence-electron chi connectivity index (χ0n) is 5.36. The third-order valence-electron chi connectivity index (χ3n) is 0.818. The van der Waals surface area contributed by atoms with Gasteiger partial charge in [-0.25, -0.2) is 0 Å². The van der Waals surface area contributed by atoms with E-state index in [1.165, 1.54) is 0 Å². The van der Waals surface area contributed by atoms with E-state index >= 15 is 0 Å². The molecule has 0 radical (unpaired) electrons. The van der Waals surface area contributed by atoms with Gasteiger partial charge in [0.2, 0.25) is 0 Å². The number of carbonyl (C=O) groups excluding carboxylic acids is 1. The molecule has 1 N–H and O–H groups in total. The van der Waals surface area contributed by atoms with Crippen molar-refractivity contribution in [2.45, 2.75) is 19.8 Å². The van der Waals surface area contributed by atoms with E-state index in [1.807, 2.05) is 28.9 Å². The maximum Gasteiger partial charge on any atom is 0.252 e. The lowest BCUT2D eigenvalue weighted by Crippen LogP contribution is -2.06. The highest BCUT2D eigenvalue weighted by atomic mass is 127. The zero-order valence-corrected chi connectivity index (χ0v) is 7.51. The van der Waals surface area contributed by atoms with Crippen molar-refractivity contribution >= 4 is 28.8 Å². The quantitative estimate of drug-likeness (QED) is 0.454. The van der Waals surface area contributed by atoms with Crippen molar-refractivity contribution in [1.82, 2.24) is 3.53 Å². The highest BCUT2D eigenvalue weighted by Gasteiger charge is 1.85. The van der Waals surface area contributed by atoms with Crippen LogP contribution in [0.3, 0.4) is 0 Å². The Hall–Kier alpha value is -0.0600. The minimum Gasteiger partial charge on any atom is -0.295 e. The summed E-state index contributed by atoms with van der Waals surface area (Å²) in [5, 5.41) is 0. The summed E-state index contributed by atoms with van der Waals surface area (Å²) in [5.41, 5.74) is 0. The Bertz CT molecular complexity index is 112. The summed E-state index contributed by atoms with van der Waals surface area (Å²) in [4.78, 5) is 10.5. The second kappa shape index (κ2) is 6.07. The predicted octanol–water partition coefficient (Wildman–Crippen LogP) is 1.81. The van der Waals surface area contributed by atoms with Gasteiger partial charge in [0.15, 0.2) is 0 Å². The van der Waals surface area contributed by atoms with E-state index in [-0.39, 0.29) is 5.91 Å². The lowest BCUT2D eigenvalue weighted by atomic mass is 10.3. The lowest BCUT2D eigenvalue weighted by molar-refractivity contribution is -0.114. The molecule has 0 aromatic rings. The topological polar surface area (TPSA) is 29.1 Å². The number of amides is 1. The van der Waals surface area contributed by atoms with E-state index in [0.29, 0.717) is 0 Å². The second-order valence-electron chi connectivity index (χ2n) is 1.65. The molecule has 0 fully saturated rings. The van der Waals surface area contributed by atoms with Gasteiger partial charge in [-0.1, -0.05) is 19.4 Å². The number of unbranched alkanes of at least 4 members (excludes halogenated alkanes) is 1. The van der Waals surface area contributed by atoms with E-state index in [4.69, 9.17) is 0 Å². The third-order valence-corrected chi connectivity index (χ3v) is 1.35. The summed E-state index contributed by atoms with van der Waals surface area (Å²) in [6, 6.07) is 0. The summed E-state index contributed by atoms with van der Waals surface area (Å²) in [6.07, 6.45) is 5.49. The van der Waals surface area contributed by atoms with Gasteiger partial charge in [0.25, 0.3) is 5.91 Å². The summed E-state index contributed by atoms with van der Waals surface area (Å²) < 4.78 is 2.47. The van der Waals surface area contributed by atoms with Crippen molar-refractivity contribution in [3.05, 3.63) is 12.2 Å². The molecule has 3 heteroatoms. The molecule has 0 rings (SSSR count). The average molecular weight is 239 g/mol. The van der Waals surface area contributed by atoms with Crippen LogP contribution < -0.4 is 3.53 Å². The Morgan fingerprint density at radius 3 is 2.89 bits per heavy atom. The van der Waals surface area contributed by atoms with Gasteiger partial charge in [-0.2, -0.15) is 0 Å². The Morgan fingerprint density at radius 2 is 2.44 bits per heavy atom. The number of carbonyl (C=O) groups is 1. The lowest BCUT2D eigenvalue weighted by Gasteiger charge is -1.85. The molecule has 0 spiro atoms. The summed E-state index contributed by atoms with van der Waals surface area (Å²) in [5.74, 6) is -0.0379. The van der Waals surface area contributed by atoms with Gasteiger partial charge in [0, 0.05) is 0 Å².